The van der Waals surface area contributed by atoms with Crippen molar-refractivity contribution in [3.63, 3.8) is 0 Å². The minimum absolute atomic E-state index is 0.0990. The fourth-order valence-corrected chi connectivity index (χ4v) is 4.47. The largest absolute Gasteiger partial charge is 0.342 e. The van der Waals surface area contributed by atoms with Gasteiger partial charge in [0.15, 0.2) is 0 Å². The Hall–Kier alpha value is -2.94. The van der Waals surface area contributed by atoms with Crippen LogP contribution >= 0.6 is 0 Å². The number of halogens is 1. The molecular formula is C20H22FN3O4S. The van der Waals surface area contributed by atoms with E-state index in [4.69, 9.17) is 0 Å². The highest BCUT2D eigenvalue weighted by atomic mass is 32.2. The molecule has 0 spiro atoms. The maximum Gasteiger partial charge on any atom is 0.264 e. The lowest BCUT2D eigenvalue weighted by Gasteiger charge is -2.34. The molecule has 0 atom stereocenters. The summed E-state index contributed by atoms with van der Waals surface area (Å²) >= 11 is 0. The minimum atomic E-state index is -4.08. The third-order valence-electron chi connectivity index (χ3n) is 4.82. The van der Waals surface area contributed by atoms with Crippen molar-refractivity contribution in [3.8, 4) is 0 Å². The van der Waals surface area contributed by atoms with Gasteiger partial charge in [-0.25, -0.2) is 12.8 Å². The highest BCUT2D eigenvalue weighted by molar-refractivity contribution is 7.92. The third-order valence-corrected chi connectivity index (χ3v) is 6.61. The molecule has 29 heavy (non-hydrogen) atoms. The van der Waals surface area contributed by atoms with Crippen LogP contribution in [-0.2, 0) is 19.6 Å². The first-order valence-electron chi connectivity index (χ1n) is 9.13. The fourth-order valence-electron chi connectivity index (χ4n) is 3.06. The van der Waals surface area contributed by atoms with Crippen molar-refractivity contribution >= 4 is 28.0 Å². The molecule has 0 aromatic heterocycles. The predicted octanol–water partition coefficient (Wildman–Crippen LogP) is 1.63. The van der Waals surface area contributed by atoms with E-state index in [2.05, 4.69) is 0 Å². The number of anilines is 1. The molecule has 1 aliphatic rings. The maximum absolute atomic E-state index is 13.3. The highest BCUT2D eigenvalue weighted by Gasteiger charge is 2.30. The Bertz CT molecular complexity index is 970. The van der Waals surface area contributed by atoms with Gasteiger partial charge < -0.3 is 9.80 Å². The summed E-state index contributed by atoms with van der Waals surface area (Å²) in [6.45, 7) is 2.99. The fraction of sp³-hybridized carbons (Fsp3) is 0.300. The summed E-state index contributed by atoms with van der Waals surface area (Å²) in [5.74, 6) is -0.906. The van der Waals surface area contributed by atoms with Crippen LogP contribution in [0.1, 0.15) is 5.56 Å². The van der Waals surface area contributed by atoms with Crippen LogP contribution in [0.4, 0.5) is 10.1 Å². The van der Waals surface area contributed by atoms with Gasteiger partial charge in [0.2, 0.25) is 12.3 Å². The van der Waals surface area contributed by atoms with Crippen LogP contribution in [0.5, 0.6) is 0 Å². The number of carbonyl (C=O) groups excluding carboxylic acids is 2. The van der Waals surface area contributed by atoms with Gasteiger partial charge in [-0.05, 0) is 43.3 Å². The molecule has 0 saturated carbocycles. The highest BCUT2D eigenvalue weighted by Crippen LogP contribution is 2.24. The number of benzene rings is 2. The Morgan fingerprint density at radius 3 is 2.17 bits per heavy atom. The number of piperazine rings is 1. The molecule has 1 saturated heterocycles. The molecule has 0 unspecified atom stereocenters. The van der Waals surface area contributed by atoms with Crippen molar-refractivity contribution in [1.82, 2.24) is 9.80 Å². The average Bonchev–Trinajstić information content (AvgIpc) is 2.73. The summed E-state index contributed by atoms with van der Waals surface area (Å²) in [5, 5.41) is 0. The molecule has 1 fully saturated rings. The van der Waals surface area contributed by atoms with E-state index >= 15 is 0 Å². The molecule has 3 rings (SSSR count). The smallest absolute Gasteiger partial charge is 0.264 e. The first-order chi connectivity index (χ1) is 13.8. The van der Waals surface area contributed by atoms with Gasteiger partial charge in [-0.15, -0.1) is 0 Å². The lowest BCUT2D eigenvalue weighted by Crippen LogP contribution is -2.51. The van der Waals surface area contributed by atoms with E-state index in [0.717, 1.165) is 28.4 Å². The number of rotatable bonds is 6. The molecule has 0 bridgehead atoms. The van der Waals surface area contributed by atoms with E-state index in [-0.39, 0.29) is 17.3 Å². The summed E-state index contributed by atoms with van der Waals surface area (Å²) in [6.07, 6.45) is 0.736. The number of nitrogens with zero attached hydrogens (tertiary/aromatic N) is 3. The second-order valence-corrected chi connectivity index (χ2v) is 8.69. The van der Waals surface area contributed by atoms with Gasteiger partial charge in [-0.1, -0.05) is 17.7 Å². The van der Waals surface area contributed by atoms with E-state index in [1.807, 2.05) is 6.92 Å². The quantitative estimate of drug-likeness (QED) is 0.667. The van der Waals surface area contributed by atoms with E-state index in [1.54, 1.807) is 34.1 Å². The lowest BCUT2D eigenvalue weighted by molar-refractivity contribution is -0.133. The van der Waals surface area contributed by atoms with Crippen LogP contribution in [0.3, 0.4) is 0 Å². The zero-order valence-electron chi connectivity index (χ0n) is 16.0. The molecule has 2 aromatic rings. The van der Waals surface area contributed by atoms with Gasteiger partial charge in [-0.3, -0.25) is 13.9 Å². The van der Waals surface area contributed by atoms with Gasteiger partial charge in [0.25, 0.3) is 10.0 Å². The van der Waals surface area contributed by atoms with Gasteiger partial charge in [-0.2, -0.15) is 0 Å². The number of amides is 2. The predicted molar refractivity (Wildman–Crippen MR) is 106 cm³/mol. The van der Waals surface area contributed by atoms with E-state index in [9.17, 15) is 22.4 Å². The number of carbonyl (C=O) groups is 2. The zero-order chi connectivity index (χ0) is 21.0. The summed E-state index contributed by atoms with van der Waals surface area (Å²) in [7, 11) is -4.08. The van der Waals surface area contributed by atoms with Crippen molar-refractivity contribution in [1.29, 1.82) is 0 Å². The van der Waals surface area contributed by atoms with Crippen LogP contribution in [0.25, 0.3) is 0 Å². The number of hydrogen-bond donors (Lipinski definition) is 0. The number of hydrogen-bond acceptors (Lipinski definition) is 4. The van der Waals surface area contributed by atoms with Crippen LogP contribution in [-0.4, -0.2) is 63.3 Å². The van der Waals surface area contributed by atoms with Crippen LogP contribution in [0.2, 0.25) is 0 Å². The van der Waals surface area contributed by atoms with Gasteiger partial charge in [0.05, 0.1) is 10.6 Å². The van der Waals surface area contributed by atoms with Crippen LogP contribution in [0.15, 0.2) is 53.4 Å². The van der Waals surface area contributed by atoms with Crippen molar-refractivity contribution in [2.24, 2.45) is 0 Å². The Balaban J connectivity index is 1.89. The van der Waals surface area contributed by atoms with Crippen molar-refractivity contribution in [3.05, 3.63) is 59.9 Å². The number of sulfonamides is 1. The molecule has 0 N–H and O–H groups in total. The second-order valence-electron chi connectivity index (χ2n) is 6.82. The zero-order valence-corrected chi connectivity index (χ0v) is 16.8. The summed E-state index contributed by atoms with van der Waals surface area (Å²) in [4.78, 5) is 26.7. The second kappa shape index (κ2) is 8.60. The molecule has 0 aliphatic carbocycles. The van der Waals surface area contributed by atoms with Crippen molar-refractivity contribution < 1.29 is 22.4 Å². The summed E-state index contributed by atoms with van der Waals surface area (Å²) in [5.41, 5.74) is 1.30. The van der Waals surface area contributed by atoms with Gasteiger partial charge in [0.1, 0.15) is 12.4 Å². The van der Waals surface area contributed by atoms with Gasteiger partial charge >= 0.3 is 0 Å². The van der Waals surface area contributed by atoms with Crippen molar-refractivity contribution in [2.75, 3.05) is 37.0 Å². The van der Waals surface area contributed by atoms with Crippen molar-refractivity contribution in [2.45, 2.75) is 11.8 Å². The Morgan fingerprint density at radius 2 is 1.62 bits per heavy atom. The monoisotopic (exact) mass is 419 g/mol. The Labute approximate surface area is 169 Å². The molecular weight excluding hydrogens is 397 g/mol. The molecule has 1 aliphatic heterocycles. The normalized spacial score (nSPS) is 14.6. The first kappa shape index (κ1) is 20.8. The lowest BCUT2D eigenvalue weighted by atomic mass is 10.2. The first-order valence-corrected chi connectivity index (χ1v) is 10.6. The molecule has 9 heteroatoms. The Kier molecular flexibility index (Phi) is 6.17. The SMILES string of the molecule is Cc1ccc(N(CC(=O)N2CCN(C=O)CC2)S(=O)(=O)c2ccc(F)cc2)cc1. The van der Waals surface area contributed by atoms with E-state index in [0.29, 0.717) is 31.9 Å². The summed E-state index contributed by atoms with van der Waals surface area (Å²) in [6, 6.07) is 11.3. The third kappa shape index (κ3) is 4.73. The van der Waals surface area contributed by atoms with E-state index < -0.39 is 15.8 Å². The molecule has 7 nitrogen and oxygen atoms in total. The maximum atomic E-state index is 13.3. The minimum Gasteiger partial charge on any atom is -0.342 e. The standard InChI is InChI=1S/C20H22FN3O4S/c1-16-2-6-18(7-3-16)24(29(27,28)19-8-4-17(21)5-9-19)14-20(26)23-12-10-22(15-25)11-13-23/h2-9,15H,10-14H2,1H3. The summed E-state index contributed by atoms with van der Waals surface area (Å²) < 4.78 is 40.7. The number of aryl methyl sites for hydroxylation is 1. The van der Waals surface area contributed by atoms with E-state index in [1.165, 1.54) is 12.1 Å². The molecule has 2 amide bonds. The van der Waals surface area contributed by atoms with Crippen LogP contribution < -0.4 is 4.31 Å². The molecule has 1 heterocycles. The van der Waals surface area contributed by atoms with Gasteiger partial charge in [0, 0.05) is 26.2 Å². The molecule has 154 valence electrons. The Morgan fingerprint density at radius 1 is 1.03 bits per heavy atom. The molecule has 0 radical (unpaired) electrons. The molecule has 2 aromatic carbocycles. The average molecular weight is 419 g/mol. The van der Waals surface area contributed by atoms with Crippen LogP contribution in [0, 0.1) is 12.7 Å². The topological polar surface area (TPSA) is 78.0 Å².